The van der Waals surface area contributed by atoms with Gasteiger partial charge < -0.3 is 4.74 Å². The first-order valence-electron chi connectivity index (χ1n) is 8.05. The summed E-state index contributed by atoms with van der Waals surface area (Å²) in [5.74, 6) is 0.826. The molecular weight excluding hydrogens is 312 g/mol. The molecule has 1 aliphatic carbocycles. The van der Waals surface area contributed by atoms with Crippen molar-refractivity contribution in [2.24, 2.45) is 5.92 Å². The number of aryl methyl sites for hydroxylation is 2. The molecule has 1 atom stereocenters. The lowest BCUT2D eigenvalue weighted by atomic mass is 9.78. The Morgan fingerprint density at radius 3 is 2.45 bits per heavy atom. The SMILES string of the molecule is CCOC1CC(CC(Br)c2ccc(CC)c(CC)c2)C1. The second-order valence-corrected chi connectivity index (χ2v) is 6.96. The number of halogens is 1. The first-order valence-corrected chi connectivity index (χ1v) is 8.96. The van der Waals surface area contributed by atoms with E-state index < -0.39 is 0 Å². The molecule has 0 bridgehead atoms. The van der Waals surface area contributed by atoms with E-state index in [1.54, 1.807) is 0 Å². The fourth-order valence-electron chi connectivity index (χ4n) is 3.18. The number of hydrogen-bond donors (Lipinski definition) is 0. The van der Waals surface area contributed by atoms with Gasteiger partial charge >= 0.3 is 0 Å². The van der Waals surface area contributed by atoms with E-state index in [0.29, 0.717) is 10.9 Å². The lowest BCUT2D eigenvalue weighted by Gasteiger charge is -2.36. The summed E-state index contributed by atoms with van der Waals surface area (Å²) < 4.78 is 5.65. The van der Waals surface area contributed by atoms with E-state index in [2.05, 4.69) is 54.9 Å². The van der Waals surface area contributed by atoms with Gasteiger partial charge in [0.1, 0.15) is 0 Å². The number of ether oxygens (including phenoxy) is 1. The van der Waals surface area contributed by atoms with E-state index in [1.165, 1.54) is 36.0 Å². The van der Waals surface area contributed by atoms with Gasteiger partial charge in [0.2, 0.25) is 0 Å². The summed E-state index contributed by atoms with van der Waals surface area (Å²) in [6, 6.07) is 7.01. The summed E-state index contributed by atoms with van der Waals surface area (Å²) in [5, 5.41) is 0. The highest BCUT2D eigenvalue weighted by molar-refractivity contribution is 9.09. The maximum absolute atomic E-state index is 5.65. The van der Waals surface area contributed by atoms with Gasteiger partial charge in [0.15, 0.2) is 0 Å². The van der Waals surface area contributed by atoms with E-state index in [4.69, 9.17) is 4.74 Å². The van der Waals surface area contributed by atoms with Gasteiger partial charge in [-0.05, 0) is 61.6 Å². The third kappa shape index (κ3) is 3.85. The molecule has 0 amide bonds. The predicted octanol–water partition coefficient (Wildman–Crippen LogP) is 5.45. The van der Waals surface area contributed by atoms with Crippen LogP contribution in [0.1, 0.15) is 61.6 Å². The number of rotatable bonds is 7. The van der Waals surface area contributed by atoms with Crippen LogP contribution in [0.15, 0.2) is 18.2 Å². The van der Waals surface area contributed by atoms with E-state index in [-0.39, 0.29) is 0 Å². The zero-order valence-corrected chi connectivity index (χ0v) is 14.6. The Hall–Kier alpha value is -0.340. The van der Waals surface area contributed by atoms with Gasteiger partial charge in [-0.3, -0.25) is 0 Å². The lowest BCUT2D eigenvalue weighted by Crippen LogP contribution is -2.31. The van der Waals surface area contributed by atoms with Gasteiger partial charge in [0, 0.05) is 11.4 Å². The van der Waals surface area contributed by atoms with Crippen molar-refractivity contribution in [2.75, 3.05) is 6.61 Å². The maximum Gasteiger partial charge on any atom is 0.0580 e. The normalized spacial score (nSPS) is 23.4. The molecule has 2 rings (SSSR count). The third-order valence-electron chi connectivity index (χ3n) is 4.49. The van der Waals surface area contributed by atoms with E-state index in [1.807, 2.05) is 0 Å². The van der Waals surface area contributed by atoms with Crippen molar-refractivity contribution in [1.29, 1.82) is 0 Å². The van der Waals surface area contributed by atoms with Gasteiger partial charge in [-0.2, -0.15) is 0 Å². The molecule has 0 heterocycles. The van der Waals surface area contributed by atoms with Crippen LogP contribution in [0.5, 0.6) is 0 Å². The van der Waals surface area contributed by atoms with Crippen LogP contribution in [-0.2, 0) is 17.6 Å². The van der Waals surface area contributed by atoms with Gasteiger partial charge in [-0.1, -0.05) is 48.0 Å². The first-order chi connectivity index (χ1) is 9.67. The Morgan fingerprint density at radius 1 is 1.15 bits per heavy atom. The molecule has 1 aliphatic rings. The molecule has 0 spiro atoms. The van der Waals surface area contributed by atoms with Crippen molar-refractivity contribution in [3.05, 3.63) is 34.9 Å². The highest BCUT2D eigenvalue weighted by atomic mass is 79.9. The summed E-state index contributed by atoms with van der Waals surface area (Å²) in [5.41, 5.74) is 4.45. The topological polar surface area (TPSA) is 9.23 Å². The Bertz CT molecular complexity index is 423. The molecule has 0 aromatic heterocycles. The quantitative estimate of drug-likeness (QED) is 0.600. The highest BCUT2D eigenvalue weighted by Gasteiger charge is 2.31. The highest BCUT2D eigenvalue weighted by Crippen LogP contribution is 2.40. The monoisotopic (exact) mass is 338 g/mol. The number of hydrogen-bond acceptors (Lipinski definition) is 1. The Labute approximate surface area is 132 Å². The fraction of sp³-hybridized carbons (Fsp3) is 0.667. The van der Waals surface area contributed by atoms with Crippen LogP contribution in [0.4, 0.5) is 0 Å². The average Bonchev–Trinajstić information content (AvgIpc) is 2.44. The molecule has 1 saturated carbocycles. The molecule has 0 aliphatic heterocycles. The molecule has 1 nitrogen and oxygen atoms in total. The van der Waals surface area contributed by atoms with Gasteiger partial charge in [-0.25, -0.2) is 0 Å². The van der Waals surface area contributed by atoms with Gasteiger partial charge in [0.25, 0.3) is 0 Å². The second kappa shape index (κ2) is 7.61. The van der Waals surface area contributed by atoms with Crippen LogP contribution in [-0.4, -0.2) is 12.7 Å². The van der Waals surface area contributed by atoms with Gasteiger partial charge in [0.05, 0.1) is 6.10 Å². The Balaban J connectivity index is 1.91. The van der Waals surface area contributed by atoms with Crippen molar-refractivity contribution in [1.82, 2.24) is 0 Å². The molecule has 20 heavy (non-hydrogen) atoms. The Kier molecular flexibility index (Phi) is 6.10. The van der Waals surface area contributed by atoms with Crippen LogP contribution >= 0.6 is 15.9 Å². The summed E-state index contributed by atoms with van der Waals surface area (Å²) in [6.07, 6.45) is 6.51. The first kappa shape index (κ1) is 16.0. The molecule has 2 heteroatoms. The van der Waals surface area contributed by atoms with Crippen molar-refractivity contribution >= 4 is 15.9 Å². The van der Waals surface area contributed by atoms with Gasteiger partial charge in [-0.15, -0.1) is 0 Å². The second-order valence-electron chi connectivity index (χ2n) is 5.85. The minimum absolute atomic E-state index is 0.492. The fourth-order valence-corrected chi connectivity index (χ4v) is 4.00. The standard InChI is InChI=1S/C18H27BrO/c1-4-14-7-8-16(12-15(14)5-2)18(19)11-13-9-17(10-13)20-6-3/h7-8,12-13,17-18H,4-6,9-11H2,1-3H3. The molecule has 0 radical (unpaired) electrons. The van der Waals surface area contributed by atoms with Crippen molar-refractivity contribution in [3.8, 4) is 0 Å². The smallest absolute Gasteiger partial charge is 0.0580 e. The van der Waals surface area contributed by atoms with Crippen molar-refractivity contribution in [3.63, 3.8) is 0 Å². The molecule has 0 saturated heterocycles. The van der Waals surface area contributed by atoms with Crippen LogP contribution in [0.3, 0.4) is 0 Å². The minimum atomic E-state index is 0.492. The number of alkyl halides is 1. The molecule has 1 aromatic carbocycles. The Morgan fingerprint density at radius 2 is 1.85 bits per heavy atom. The van der Waals surface area contributed by atoms with E-state index in [9.17, 15) is 0 Å². The van der Waals surface area contributed by atoms with Crippen LogP contribution in [0.25, 0.3) is 0 Å². The molecule has 1 fully saturated rings. The predicted molar refractivity (Wildman–Crippen MR) is 89.6 cm³/mol. The molecule has 1 unspecified atom stereocenters. The van der Waals surface area contributed by atoms with Crippen LogP contribution < -0.4 is 0 Å². The average molecular weight is 339 g/mol. The summed E-state index contributed by atoms with van der Waals surface area (Å²) in [6.45, 7) is 7.43. The maximum atomic E-state index is 5.65. The molecule has 1 aromatic rings. The zero-order valence-electron chi connectivity index (χ0n) is 13.0. The van der Waals surface area contributed by atoms with E-state index in [0.717, 1.165) is 25.4 Å². The summed E-state index contributed by atoms with van der Waals surface area (Å²) >= 11 is 3.89. The molecule has 112 valence electrons. The van der Waals surface area contributed by atoms with Crippen LogP contribution in [0.2, 0.25) is 0 Å². The third-order valence-corrected chi connectivity index (χ3v) is 5.39. The zero-order chi connectivity index (χ0) is 14.5. The number of benzene rings is 1. The van der Waals surface area contributed by atoms with Crippen LogP contribution in [0, 0.1) is 5.92 Å². The summed E-state index contributed by atoms with van der Waals surface area (Å²) in [4.78, 5) is 0.492. The van der Waals surface area contributed by atoms with E-state index >= 15 is 0 Å². The molecule has 0 N–H and O–H groups in total. The largest absolute Gasteiger partial charge is 0.378 e. The lowest BCUT2D eigenvalue weighted by molar-refractivity contribution is -0.0264. The summed E-state index contributed by atoms with van der Waals surface area (Å²) in [7, 11) is 0. The van der Waals surface area contributed by atoms with Crippen molar-refractivity contribution in [2.45, 2.75) is 63.8 Å². The molecular formula is C18H27BrO. The van der Waals surface area contributed by atoms with Crippen molar-refractivity contribution < 1.29 is 4.74 Å². The minimum Gasteiger partial charge on any atom is -0.378 e.